The average Bonchev–Trinajstić information content (AvgIpc) is 2.47. The number of hydrogen-bond acceptors (Lipinski definition) is 5. The molecule has 0 aromatic carbocycles. The lowest BCUT2D eigenvalue weighted by Gasteiger charge is -2.26. The van der Waals surface area contributed by atoms with E-state index in [2.05, 4.69) is 6.58 Å². The SMILES string of the molecule is C=CCO[P@@]1(=O)OCC=CC[C@H]1C(=O)OC(C)(C)C. The van der Waals surface area contributed by atoms with Gasteiger partial charge in [-0.25, -0.2) is 0 Å². The summed E-state index contributed by atoms with van der Waals surface area (Å²) in [5.74, 6) is -0.563. The van der Waals surface area contributed by atoms with Crippen molar-refractivity contribution in [1.29, 1.82) is 0 Å². The summed E-state index contributed by atoms with van der Waals surface area (Å²) in [7, 11) is -3.53. The fourth-order valence-electron chi connectivity index (χ4n) is 1.54. The third-order valence-corrected chi connectivity index (χ3v) is 4.51. The maximum atomic E-state index is 12.6. The van der Waals surface area contributed by atoms with Crippen molar-refractivity contribution >= 4 is 13.6 Å². The quantitative estimate of drug-likeness (QED) is 0.452. The molecule has 108 valence electrons. The third kappa shape index (κ3) is 4.94. The smallest absolute Gasteiger partial charge is 0.345 e. The number of carbonyl (C=O) groups excluding carboxylic acids is 1. The molecule has 0 bridgehead atoms. The summed E-state index contributed by atoms with van der Waals surface area (Å²) in [6.07, 6.45) is 5.22. The second-order valence-electron chi connectivity index (χ2n) is 5.18. The van der Waals surface area contributed by atoms with Gasteiger partial charge in [-0.1, -0.05) is 18.2 Å². The minimum Gasteiger partial charge on any atom is -0.459 e. The van der Waals surface area contributed by atoms with Crippen LogP contribution in [-0.2, 0) is 23.1 Å². The molecule has 0 saturated heterocycles. The van der Waals surface area contributed by atoms with Crippen molar-refractivity contribution in [3.8, 4) is 0 Å². The highest BCUT2D eigenvalue weighted by atomic mass is 31.2. The standard InChI is InChI=1S/C13H21O5P/c1-5-9-16-19(15)11(8-6-7-10-17-19)12(14)18-13(2,3)4/h5-7,11H,1,8-10H2,2-4H3/t11-,19+/m0/s1. The molecule has 1 rings (SSSR count). The maximum Gasteiger partial charge on any atom is 0.345 e. The van der Waals surface area contributed by atoms with E-state index < -0.39 is 24.8 Å². The molecule has 0 spiro atoms. The summed E-state index contributed by atoms with van der Waals surface area (Å²) in [4.78, 5) is 12.1. The van der Waals surface area contributed by atoms with Crippen molar-refractivity contribution in [2.45, 2.75) is 38.5 Å². The molecule has 0 unspecified atom stereocenters. The number of hydrogen-bond donors (Lipinski definition) is 0. The summed E-state index contributed by atoms with van der Waals surface area (Å²) < 4.78 is 28.4. The molecular weight excluding hydrogens is 267 g/mol. The summed E-state index contributed by atoms with van der Waals surface area (Å²) in [6, 6.07) is 0. The Hall–Kier alpha value is -0.900. The first kappa shape index (κ1) is 16.2. The Balaban J connectivity index is 2.90. The van der Waals surface area contributed by atoms with E-state index in [4.69, 9.17) is 13.8 Å². The average molecular weight is 288 g/mol. The molecule has 0 aliphatic carbocycles. The molecule has 0 fully saturated rings. The monoisotopic (exact) mass is 288 g/mol. The van der Waals surface area contributed by atoms with Crippen LogP contribution >= 0.6 is 7.60 Å². The van der Waals surface area contributed by atoms with Gasteiger partial charge in [0.25, 0.3) is 0 Å². The minimum atomic E-state index is -3.53. The normalized spacial score (nSPS) is 27.6. The van der Waals surface area contributed by atoms with Crippen molar-refractivity contribution in [2.75, 3.05) is 13.2 Å². The number of ether oxygens (including phenoxy) is 1. The zero-order chi connectivity index (χ0) is 14.5. The Morgan fingerprint density at radius 1 is 1.53 bits per heavy atom. The first-order chi connectivity index (χ1) is 8.78. The summed E-state index contributed by atoms with van der Waals surface area (Å²) in [6.45, 7) is 9.00. The second kappa shape index (κ2) is 6.51. The number of carbonyl (C=O) groups is 1. The van der Waals surface area contributed by atoms with Crippen LogP contribution in [0.3, 0.4) is 0 Å². The van der Waals surface area contributed by atoms with E-state index in [1.54, 1.807) is 32.9 Å². The van der Waals surface area contributed by atoms with Crippen LogP contribution in [-0.4, -0.2) is 30.4 Å². The highest BCUT2D eigenvalue weighted by molar-refractivity contribution is 7.55. The molecule has 0 radical (unpaired) electrons. The number of esters is 1. The zero-order valence-electron chi connectivity index (χ0n) is 11.6. The van der Waals surface area contributed by atoms with E-state index in [0.717, 1.165) is 0 Å². The Labute approximate surface area is 114 Å². The van der Waals surface area contributed by atoms with E-state index in [-0.39, 0.29) is 19.6 Å². The molecule has 1 aliphatic heterocycles. The third-order valence-electron chi connectivity index (χ3n) is 2.31. The van der Waals surface area contributed by atoms with Gasteiger partial charge in [0, 0.05) is 0 Å². The summed E-state index contributed by atoms with van der Waals surface area (Å²) in [5.41, 5.74) is -1.57. The predicted molar refractivity (Wildman–Crippen MR) is 73.1 cm³/mol. The van der Waals surface area contributed by atoms with Crippen LogP contribution in [0.1, 0.15) is 27.2 Å². The number of allylic oxidation sites excluding steroid dienone is 1. The van der Waals surface area contributed by atoms with Gasteiger partial charge in [-0.05, 0) is 27.2 Å². The topological polar surface area (TPSA) is 61.8 Å². The van der Waals surface area contributed by atoms with E-state index in [1.165, 1.54) is 6.08 Å². The maximum absolute atomic E-state index is 12.6. The largest absolute Gasteiger partial charge is 0.459 e. The van der Waals surface area contributed by atoms with Crippen LogP contribution in [0.2, 0.25) is 0 Å². The number of rotatable bonds is 4. The van der Waals surface area contributed by atoms with E-state index in [1.807, 2.05) is 0 Å². The van der Waals surface area contributed by atoms with Crippen LogP contribution in [0.5, 0.6) is 0 Å². The van der Waals surface area contributed by atoms with Crippen molar-refractivity contribution in [3.63, 3.8) is 0 Å². The van der Waals surface area contributed by atoms with Crippen molar-refractivity contribution in [3.05, 3.63) is 24.8 Å². The molecule has 2 atom stereocenters. The highest BCUT2D eigenvalue weighted by Crippen LogP contribution is 2.55. The molecule has 6 heteroatoms. The first-order valence-corrected chi connectivity index (χ1v) is 7.77. The van der Waals surface area contributed by atoms with Crippen LogP contribution in [0, 0.1) is 0 Å². The molecular formula is C13H21O5P. The lowest BCUT2D eigenvalue weighted by atomic mass is 10.2. The molecule has 5 nitrogen and oxygen atoms in total. The molecule has 0 aromatic rings. The van der Waals surface area contributed by atoms with Crippen LogP contribution in [0.15, 0.2) is 24.8 Å². The zero-order valence-corrected chi connectivity index (χ0v) is 12.5. The lowest BCUT2D eigenvalue weighted by molar-refractivity contribution is -0.154. The molecule has 1 heterocycles. The van der Waals surface area contributed by atoms with Gasteiger partial charge in [-0.15, -0.1) is 6.58 Å². The van der Waals surface area contributed by atoms with Gasteiger partial charge >= 0.3 is 13.6 Å². The molecule has 1 aliphatic rings. The van der Waals surface area contributed by atoms with Crippen LogP contribution < -0.4 is 0 Å². The summed E-state index contributed by atoms with van der Waals surface area (Å²) in [5, 5.41) is 0. The van der Waals surface area contributed by atoms with Gasteiger partial charge in [0.05, 0.1) is 13.2 Å². The van der Waals surface area contributed by atoms with Gasteiger partial charge in [0.15, 0.2) is 5.66 Å². The van der Waals surface area contributed by atoms with Gasteiger partial charge < -0.3 is 13.8 Å². The molecule has 0 saturated carbocycles. The van der Waals surface area contributed by atoms with Crippen molar-refractivity contribution in [2.24, 2.45) is 0 Å². The molecule has 19 heavy (non-hydrogen) atoms. The molecule has 0 N–H and O–H groups in total. The van der Waals surface area contributed by atoms with Gasteiger partial charge in [0.1, 0.15) is 5.60 Å². The summed E-state index contributed by atoms with van der Waals surface area (Å²) >= 11 is 0. The lowest BCUT2D eigenvalue weighted by Crippen LogP contribution is -2.32. The van der Waals surface area contributed by atoms with Crippen molar-refractivity contribution in [1.82, 2.24) is 0 Å². The minimum absolute atomic E-state index is 0.0660. The Morgan fingerprint density at radius 3 is 2.79 bits per heavy atom. The van der Waals surface area contributed by atoms with Gasteiger partial charge in [-0.2, -0.15) is 0 Å². The van der Waals surface area contributed by atoms with E-state index in [9.17, 15) is 9.36 Å². The Kier molecular flexibility index (Phi) is 5.53. The van der Waals surface area contributed by atoms with Gasteiger partial charge in [0.2, 0.25) is 0 Å². The van der Waals surface area contributed by atoms with E-state index >= 15 is 0 Å². The van der Waals surface area contributed by atoms with E-state index in [0.29, 0.717) is 0 Å². The predicted octanol–water partition coefficient (Wildman–Crippen LogP) is 3.07. The van der Waals surface area contributed by atoms with Crippen LogP contribution in [0.4, 0.5) is 0 Å². The highest BCUT2D eigenvalue weighted by Gasteiger charge is 2.43. The fourth-order valence-corrected chi connectivity index (χ4v) is 3.27. The molecule has 0 amide bonds. The van der Waals surface area contributed by atoms with Gasteiger partial charge in [-0.3, -0.25) is 9.36 Å². The fraction of sp³-hybridized carbons (Fsp3) is 0.615. The molecule has 0 aromatic heterocycles. The first-order valence-electron chi connectivity index (χ1n) is 6.16. The Bertz CT molecular complexity index is 408. The van der Waals surface area contributed by atoms with Crippen LogP contribution in [0.25, 0.3) is 0 Å². The van der Waals surface area contributed by atoms with Crippen molar-refractivity contribution < 1.29 is 23.1 Å². The second-order valence-corrected chi connectivity index (χ2v) is 7.40. The Morgan fingerprint density at radius 2 is 2.21 bits per heavy atom.